The van der Waals surface area contributed by atoms with Crippen LogP contribution in [0.1, 0.15) is 10.7 Å². The van der Waals surface area contributed by atoms with Crippen molar-refractivity contribution in [2.75, 3.05) is 0 Å². The number of aromatic nitrogens is 1. The van der Waals surface area contributed by atoms with Crippen LogP contribution in [-0.4, -0.2) is 16.1 Å². The Morgan fingerprint density at radius 3 is 2.92 bits per heavy atom. The van der Waals surface area contributed by atoms with Gasteiger partial charge < -0.3 is 9.52 Å². The van der Waals surface area contributed by atoms with Crippen LogP contribution < -0.4 is 0 Å². The summed E-state index contributed by atoms with van der Waals surface area (Å²) in [7, 11) is 0. The zero-order valence-electron chi connectivity index (χ0n) is 6.32. The summed E-state index contributed by atoms with van der Waals surface area (Å²) in [6, 6.07) is 4.90. The molecule has 0 saturated heterocycles. The van der Waals surface area contributed by atoms with Crippen LogP contribution >= 0.6 is 11.6 Å². The molecule has 5 heteroatoms. The zero-order chi connectivity index (χ0) is 9.42. The van der Waals surface area contributed by atoms with Crippen molar-refractivity contribution in [2.45, 2.75) is 0 Å². The summed E-state index contributed by atoms with van der Waals surface area (Å²) in [5, 5.41) is 8.96. The average molecular weight is 198 g/mol. The Morgan fingerprint density at radius 2 is 2.31 bits per heavy atom. The first-order valence-electron chi connectivity index (χ1n) is 3.47. The molecule has 4 nitrogen and oxygen atoms in total. The van der Waals surface area contributed by atoms with Crippen molar-refractivity contribution >= 4 is 28.7 Å². The predicted molar refractivity (Wildman–Crippen MR) is 46.0 cm³/mol. The number of hydrogen-bond donors (Lipinski definition) is 1. The van der Waals surface area contributed by atoms with E-state index in [1.54, 1.807) is 18.2 Å². The van der Waals surface area contributed by atoms with E-state index in [2.05, 4.69) is 4.98 Å². The van der Waals surface area contributed by atoms with Gasteiger partial charge in [-0.1, -0.05) is 17.7 Å². The van der Waals surface area contributed by atoms with Crippen LogP contribution in [0.4, 0.5) is 0 Å². The van der Waals surface area contributed by atoms with E-state index in [9.17, 15) is 4.79 Å². The Morgan fingerprint density at radius 1 is 1.54 bits per heavy atom. The summed E-state index contributed by atoms with van der Waals surface area (Å²) >= 11 is 5.76. The summed E-state index contributed by atoms with van der Waals surface area (Å²) in [6.07, 6.45) is 0. The van der Waals surface area contributed by atoms with E-state index in [0.717, 1.165) is 0 Å². The quantitative estimate of drug-likeness (QED) is 0.761. The minimum absolute atomic E-state index is 0.344. The van der Waals surface area contributed by atoms with Gasteiger partial charge >= 0.3 is 11.9 Å². The van der Waals surface area contributed by atoms with Gasteiger partial charge in [0, 0.05) is 0 Å². The Balaban J connectivity index is 2.75. The molecular weight excluding hydrogens is 194 g/mol. The molecule has 0 radical (unpaired) electrons. The molecule has 0 spiro atoms. The summed E-state index contributed by atoms with van der Waals surface area (Å²) in [5.41, 5.74) is 0.756. The van der Waals surface area contributed by atoms with Gasteiger partial charge in [0.1, 0.15) is 5.52 Å². The van der Waals surface area contributed by atoms with Gasteiger partial charge in [0.2, 0.25) is 0 Å². The Labute approximate surface area is 77.8 Å². The molecule has 13 heavy (non-hydrogen) atoms. The molecule has 0 aliphatic carbocycles. The third-order valence-corrected chi connectivity index (χ3v) is 1.86. The molecule has 1 aromatic carbocycles. The highest BCUT2D eigenvalue weighted by atomic mass is 35.5. The molecule has 2 aromatic rings. The number of oxazole rings is 1. The lowest BCUT2D eigenvalue weighted by atomic mass is 10.3. The van der Waals surface area contributed by atoms with E-state index in [0.29, 0.717) is 16.1 Å². The van der Waals surface area contributed by atoms with Crippen molar-refractivity contribution in [2.24, 2.45) is 0 Å². The number of carboxylic acid groups (broad SMARTS) is 1. The van der Waals surface area contributed by atoms with Gasteiger partial charge in [-0.3, -0.25) is 0 Å². The number of carboxylic acids is 1. The van der Waals surface area contributed by atoms with Crippen LogP contribution in [0.25, 0.3) is 11.1 Å². The number of para-hydroxylation sites is 1. The smallest absolute Gasteiger partial charge is 0.392 e. The third kappa shape index (κ3) is 1.25. The number of rotatable bonds is 1. The molecular formula is C8H4ClNO3. The van der Waals surface area contributed by atoms with Gasteiger partial charge in [-0.2, -0.15) is 0 Å². The van der Waals surface area contributed by atoms with Crippen molar-refractivity contribution < 1.29 is 14.3 Å². The summed E-state index contributed by atoms with van der Waals surface area (Å²) in [6.45, 7) is 0. The molecule has 0 aliphatic heterocycles. The lowest BCUT2D eigenvalue weighted by Crippen LogP contribution is -1.94. The van der Waals surface area contributed by atoms with Gasteiger partial charge in [-0.25, -0.2) is 9.78 Å². The Kier molecular flexibility index (Phi) is 1.70. The molecule has 0 bridgehead atoms. The molecule has 1 aromatic heterocycles. The first kappa shape index (κ1) is 8.07. The van der Waals surface area contributed by atoms with E-state index < -0.39 is 5.97 Å². The second-order valence-corrected chi connectivity index (χ2v) is 2.82. The van der Waals surface area contributed by atoms with Crippen molar-refractivity contribution in [1.82, 2.24) is 4.98 Å². The molecule has 0 amide bonds. The standard InChI is InChI=1S/C8H4ClNO3/c9-4-2-1-3-5-6(4)10-7(13-5)8(11)12/h1-3H,(H,11,12). The largest absolute Gasteiger partial charge is 0.474 e. The molecule has 0 unspecified atom stereocenters. The maximum atomic E-state index is 10.5. The van der Waals surface area contributed by atoms with Gasteiger partial charge in [-0.15, -0.1) is 0 Å². The predicted octanol–water partition coefficient (Wildman–Crippen LogP) is 2.18. The number of fused-ring (bicyclic) bond motifs is 1. The number of hydrogen-bond acceptors (Lipinski definition) is 3. The summed E-state index contributed by atoms with van der Waals surface area (Å²) < 4.78 is 4.92. The highest BCUT2D eigenvalue weighted by molar-refractivity contribution is 6.34. The van der Waals surface area contributed by atoms with Crippen LogP contribution in [0, 0.1) is 0 Å². The number of carbonyl (C=O) groups is 1. The molecule has 0 fully saturated rings. The Hall–Kier alpha value is -1.55. The normalized spacial score (nSPS) is 10.5. The first-order chi connectivity index (χ1) is 6.18. The number of benzene rings is 1. The van der Waals surface area contributed by atoms with Crippen LogP contribution in [0.2, 0.25) is 5.02 Å². The maximum Gasteiger partial charge on any atom is 0.392 e. The van der Waals surface area contributed by atoms with E-state index in [-0.39, 0.29) is 5.89 Å². The van der Waals surface area contributed by atoms with Gasteiger partial charge in [0.05, 0.1) is 5.02 Å². The number of aromatic carboxylic acids is 1. The highest BCUT2D eigenvalue weighted by Gasteiger charge is 2.13. The molecule has 1 N–H and O–H groups in total. The SMILES string of the molecule is O=C(O)c1nc2c(Cl)cccc2o1. The van der Waals surface area contributed by atoms with Gasteiger partial charge in [0.25, 0.3) is 0 Å². The van der Waals surface area contributed by atoms with Crippen molar-refractivity contribution in [3.63, 3.8) is 0 Å². The molecule has 1 heterocycles. The topological polar surface area (TPSA) is 63.3 Å². The van der Waals surface area contributed by atoms with Gasteiger partial charge in [0.15, 0.2) is 5.58 Å². The van der Waals surface area contributed by atoms with E-state index >= 15 is 0 Å². The maximum absolute atomic E-state index is 10.5. The lowest BCUT2D eigenvalue weighted by molar-refractivity contribution is 0.0656. The lowest BCUT2D eigenvalue weighted by Gasteiger charge is -1.86. The van der Waals surface area contributed by atoms with Crippen LogP contribution in [0.3, 0.4) is 0 Å². The number of nitrogens with zero attached hydrogens (tertiary/aromatic N) is 1. The first-order valence-corrected chi connectivity index (χ1v) is 3.84. The van der Waals surface area contributed by atoms with E-state index in [4.69, 9.17) is 21.1 Å². The minimum Gasteiger partial charge on any atom is -0.474 e. The van der Waals surface area contributed by atoms with Crippen molar-refractivity contribution in [3.05, 3.63) is 29.1 Å². The zero-order valence-corrected chi connectivity index (χ0v) is 7.08. The molecule has 2 rings (SSSR count). The van der Waals surface area contributed by atoms with E-state index in [1.807, 2.05) is 0 Å². The van der Waals surface area contributed by atoms with Crippen LogP contribution in [0.15, 0.2) is 22.6 Å². The summed E-state index contributed by atoms with van der Waals surface area (Å²) in [4.78, 5) is 14.2. The Bertz CT molecular complexity index is 477. The minimum atomic E-state index is -1.20. The molecule has 66 valence electrons. The fourth-order valence-electron chi connectivity index (χ4n) is 1.01. The fourth-order valence-corrected chi connectivity index (χ4v) is 1.21. The molecule has 0 saturated carbocycles. The van der Waals surface area contributed by atoms with E-state index in [1.165, 1.54) is 0 Å². The third-order valence-electron chi connectivity index (χ3n) is 1.55. The molecule has 0 atom stereocenters. The highest BCUT2D eigenvalue weighted by Crippen LogP contribution is 2.23. The second-order valence-electron chi connectivity index (χ2n) is 2.41. The fraction of sp³-hybridized carbons (Fsp3) is 0. The van der Waals surface area contributed by atoms with Crippen LogP contribution in [0.5, 0.6) is 0 Å². The monoisotopic (exact) mass is 197 g/mol. The number of halogens is 1. The summed E-state index contributed by atoms with van der Waals surface area (Å²) in [5.74, 6) is -1.55. The van der Waals surface area contributed by atoms with Crippen molar-refractivity contribution in [3.8, 4) is 0 Å². The second kappa shape index (κ2) is 2.74. The molecule has 0 aliphatic rings. The van der Waals surface area contributed by atoms with Gasteiger partial charge in [-0.05, 0) is 12.1 Å². The van der Waals surface area contributed by atoms with Crippen LogP contribution in [-0.2, 0) is 0 Å². The van der Waals surface area contributed by atoms with Crippen molar-refractivity contribution in [1.29, 1.82) is 0 Å². The average Bonchev–Trinajstić information content (AvgIpc) is 2.49.